The molecule has 1 rings (SSSR count). The van der Waals surface area contributed by atoms with E-state index >= 15 is 0 Å². The average Bonchev–Trinajstić information content (AvgIpc) is 2.47. The molecule has 0 saturated heterocycles. The summed E-state index contributed by atoms with van der Waals surface area (Å²) in [4.78, 5) is 21.6. The van der Waals surface area contributed by atoms with Crippen molar-refractivity contribution in [1.82, 2.24) is 5.32 Å². The second-order valence-corrected chi connectivity index (χ2v) is 3.63. The first-order valence-corrected chi connectivity index (χ1v) is 4.60. The minimum absolute atomic E-state index is 0.0272. The highest BCUT2D eigenvalue weighted by Gasteiger charge is 2.29. The van der Waals surface area contributed by atoms with Crippen LogP contribution in [-0.2, 0) is 9.59 Å². The number of rotatable bonds is 3. The minimum Gasteiger partial charge on any atom is -0.480 e. The van der Waals surface area contributed by atoms with Gasteiger partial charge in [-0.2, -0.15) is 0 Å². The number of nitrogens with one attached hydrogen (secondary N) is 1. The lowest BCUT2D eigenvalue weighted by atomic mass is 9.97. The van der Waals surface area contributed by atoms with Crippen LogP contribution in [0.2, 0.25) is 0 Å². The molecule has 2 N–H and O–H groups in total. The van der Waals surface area contributed by atoms with Crippen molar-refractivity contribution >= 4 is 11.9 Å². The Morgan fingerprint density at radius 2 is 2.15 bits per heavy atom. The fourth-order valence-corrected chi connectivity index (χ4v) is 1.83. The van der Waals surface area contributed by atoms with Crippen LogP contribution in [0.25, 0.3) is 0 Å². The van der Waals surface area contributed by atoms with Crippen LogP contribution in [0.1, 0.15) is 26.2 Å². The fraction of sp³-hybridized carbons (Fsp3) is 0.778. The lowest BCUT2D eigenvalue weighted by molar-refractivity contribution is -0.138. The van der Waals surface area contributed by atoms with E-state index in [1.165, 1.54) is 0 Å². The van der Waals surface area contributed by atoms with Crippen LogP contribution in [0.4, 0.5) is 0 Å². The zero-order chi connectivity index (χ0) is 9.84. The number of amides is 1. The molecular weight excluding hydrogens is 170 g/mol. The van der Waals surface area contributed by atoms with Crippen molar-refractivity contribution in [2.75, 3.05) is 6.54 Å². The van der Waals surface area contributed by atoms with E-state index in [4.69, 9.17) is 5.11 Å². The number of hydrogen-bond donors (Lipinski definition) is 2. The smallest absolute Gasteiger partial charge is 0.322 e. The lowest BCUT2D eigenvalue weighted by Crippen LogP contribution is -2.35. The third-order valence-corrected chi connectivity index (χ3v) is 2.61. The van der Waals surface area contributed by atoms with Gasteiger partial charge in [0.15, 0.2) is 0 Å². The first-order valence-electron chi connectivity index (χ1n) is 4.60. The molecule has 74 valence electrons. The monoisotopic (exact) mass is 185 g/mol. The summed E-state index contributed by atoms with van der Waals surface area (Å²) >= 11 is 0. The van der Waals surface area contributed by atoms with Crippen LogP contribution in [0.3, 0.4) is 0 Å². The van der Waals surface area contributed by atoms with Gasteiger partial charge in [-0.3, -0.25) is 9.59 Å². The van der Waals surface area contributed by atoms with Crippen LogP contribution >= 0.6 is 0 Å². The Morgan fingerprint density at radius 1 is 1.46 bits per heavy atom. The second-order valence-electron chi connectivity index (χ2n) is 3.63. The molecular formula is C9H15NO3. The summed E-state index contributed by atoms with van der Waals surface area (Å²) in [5, 5.41) is 10.8. The van der Waals surface area contributed by atoms with Crippen molar-refractivity contribution in [1.29, 1.82) is 0 Å². The molecule has 4 nitrogen and oxygen atoms in total. The Bertz CT molecular complexity index is 215. The Balaban J connectivity index is 2.34. The second kappa shape index (κ2) is 4.25. The molecule has 2 atom stereocenters. The summed E-state index contributed by atoms with van der Waals surface area (Å²) in [5.74, 6) is -0.667. The van der Waals surface area contributed by atoms with Crippen LogP contribution in [0.15, 0.2) is 0 Å². The minimum atomic E-state index is -0.987. The summed E-state index contributed by atoms with van der Waals surface area (Å²) in [7, 11) is 0. The largest absolute Gasteiger partial charge is 0.480 e. The topological polar surface area (TPSA) is 66.4 Å². The van der Waals surface area contributed by atoms with E-state index in [1.54, 1.807) is 0 Å². The third-order valence-electron chi connectivity index (χ3n) is 2.61. The van der Waals surface area contributed by atoms with Crippen LogP contribution in [-0.4, -0.2) is 23.5 Å². The summed E-state index contributed by atoms with van der Waals surface area (Å²) in [6, 6.07) is 0. The highest BCUT2D eigenvalue weighted by molar-refractivity contribution is 5.83. The molecule has 0 radical (unpaired) electrons. The number of carbonyl (C=O) groups is 2. The van der Waals surface area contributed by atoms with Crippen LogP contribution < -0.4 is 5.32 Å². The normalized spacial score (nSPS) is 27.2. The first kappa shape index (κ1) is 10.0. The van der Waals surface area contributed by atoms with Gasteiger partial charge < -0.3 is 10.4 Å². The number of carbonyl (C=O) groups excluding carboxylic acids is 1. The Morgan fingerprint density at radius 3 is 2.62 bits per heavy atom. The maximum Gasteiger partial charge on any atom is 0.322 e. The highest BCUT2D eigenvalue weighted by Crippen LogP contribution is 2.30. The van der Waals surface area contributed by atoms with Gasteiger partial charge in [0.1, 0.15) is 6.54 Å². The lowest BCUT2D eigenvalue weighted by Gasteiger charge is -2.13. The highest BCUT2D eigenvalue weighted by atomic mass is 16.4. The zero-order valence-electron chi connectivity index (χ0n) is 7.75. The molecule has 4 heteroatoms. The molecule has 1 aliphatic carbocycles. The van der Waals surface area contributed by atoms with Crippen LogP contribution in [0.5, 0.6) is 0 Å². The van der Waals surface area contributed by atoms with Gasteiger partial charge in [-0.05, 0) is 18.8 Å². The van der Waals surface area contributed by atoms with E-state index in [2.05, 4.69) is 5.32 Å². The standard InChI is InChI=1S/C9H15NO3/c1-6-3-2-4-7(6)9(13)10-5-8(11)12/h6-7H,2-5H2,1H3,(H,10,13)(H,11,12). The average molecular weight is 185 g/mol. The molecule has 0 aromatic rings. The van der Waals surface area contributed by atoms with Gasteiger partial charge >= 0.3 is 5.97 Å². The molecule has 1 aliphatic rings. The van der Waals surface area contributed by atoms with Crippen molar-refractivity contribution in [2.24, 2.45) is 11.8 Å². The predicted molar refractivity (Wildman–Crippen MR) is 47.2 cm³/mol. The molecule has 1 saturated carbocycles. The Kier molecular flexibility index (Phi) is 3.28. The fourth-order valence-electron chi connectivity index (χ4n) is 1.83. The molecule has 1 fully saturated rings. The van der Waals surface area contributed by atoms with Crippen LogP contribution in [0, 0.1) is 11.8 Å². The molecule has 0 aromatic carbocycles. The molecule has 13 heavy (non-hydrogen) atoms. The molecule has 1 amide bonds. The number of carboxylic acid groups (broad SMARTS) is 1. The van der Waals surface area contributed by atoms with Gasteiger partial charge in [0.2, 0.25) is 5.91 Å². The maximum absolute atomic E-state index is 11.4. The van der Waals surface area contributed by atoms with Gasteiger partial charge in [0.25, 0.3) is 0 Å². The summed E-state index contributed by atoms with van der Waals surface area (Å²) < 4.78 is 0. The Labute approximate surface area is 77.3 Å². The van der Waals surface area contributed by atoms with E-state index in [0.717, 1.165) is 19.3 Å². The van der Waals surface area contributed by atoms with E-state index in [9.17, 15) is 9.59 Å². The van der Waals surface area contributed by atoms with Gasteiger partial charge in [-0.1, -0.05) is 13.3 Å². The number of carboxylic acids is 1. The van der Waals surface area contributed by atoms with E-state index in [0.29, 0.717) is 5.92 Å². The summed E-state index contributed by atoms with van der Waals surface area (Å²) in [6.45, 7) is 1.78. The van der Waals surface area contributed by atoms with Gasteiger partial charge in [-0.15, -0.1) is 0 Å². The SMILES string of the molecule is CC1CCCC1C(=O)NCC(=O)O. The van der Waals surface area contributed by atoms with E-state index in [1.807, 2.05) is 6.92 Å². The zero-order valence-corrected chi connectivity index (χ0v) is 7.75. The molecule has 0 heterocycles. The quantitative estimate of drug-likeness (QED) is 0.677. The van der Waals surface area contributed by atoms with Gasteiger partial charge in [-0.25, -0.2) is 0 Å². The van der Waals surface area contributed by atoms with Crippen molar-refractivity contribution < 1.29 is 14.7 Å². The van der Waals surface area contributed by atoms with Gasteiger partial charge in [0.05, 0.1) is 0 Å². The molecule has 0 aromatic heterocycles. The van der Waals surface area contributed by atoms with Crippen molar-refractivity contribution in [3.05, 3.63) is 0 Å². The van der Waals surface area contributed by atoms with Crippen molar-refractivity contribution in [2.45, 2.75) is 26.2 Å². The predicted octanol–water partition coefficient (Wildman–Crippen LogP) is 0.623. The van der Waals surface area contributed by atoms with Crippen molar-refractivity contribution in [3.63, 3.8) is 0 Å². The third kappa shape index (κ3) is 2.72. The van der Waals surface area contributed by atoms with Gasteiger partial charge in [0, 0.05) is 5.92 Å². The Hall–Kier alpha value is -1.06. The number of hydrogen-bond acceptors (Lipinski definition) is 2. The molecule has 0 aliphatic heterocycles. The first-order chi connectivity index (χ1) is 6.11. The molecule has 0 spiro atoms. The molecule has 2 unspecified atom stereocenters. The molecule has 0 bridgehead atoms. The van der Waals surface area contributed by atoms with E-state index in [-0.39, 0.29) is 18.4 Å². The number of aliphatic carboxylic acids is 1. The summed E-state index contributed by atoms with van der Waals surface area (Å²) in [6.07, 6.45) is 3.05. The van der Waals surface area contributed by atoms with E-state index < -0.39 is 5.97 Å². The maximum atomic E-state index is 11.4. The summed E-state index contributed by atoms with van der Waals surface area (Å²) in [5.41, 5.74) is 0. The van der Waals surface area contributed by atoms with Crippen molar-refractivity contribution in [3.8, 4) is 0 Å².